The number of hydrogen-bond donors (Lipinski definition) is 1. The van der Waals surface area contributed by atoms with Gasteiger partial charge in [0.2, 0.25) is 5.91 Å². The molecular weight excluding hydrogens is 451 g/mol. The maximum atomic E-state index is 13.3. The number of aryl methyl sites for hydroxylation is 2. The minimum atomic E-state index is -3.98. The van der Waals surface area contributed by atoms with Gasteiger partial charge in [-0.05, 0) is 73.9 Å². The first-order valence-corrected chi connectivity index (χ1v) is 11.9. The molecule has 8 heteroatoms. The van der Waals surface area contributed by atoms with Gasteiger partial charge in [0.25, 0.3) is 10.0 Å². The molecule has 1 N–H and O–H groups in total. The Balaban J connectivity index is 1.69. The summed E-state index contributed by atoms with van der Waals surface area (Å²) in [5.41, 5.74) is 2.34. The van der Waals surface area contributed by atoms with Crippen LogP contribution in [0.25, 0.3) is 0 Å². The summed E-state index contributed by atoms with van der Waals surface area (Å²) in [4.78, 5) is 12.6. The summed E-state index contributed by atoms with van der Waals surface area (Å²) in [5, 5.41) is 3.19. The van der Waals surface area contributed by atoms with Crippen LogP contribution in [0.3, 0.4) is 0 Å². The number of hydrogen-bond acceptors (Lipinski definition) is 3. The smallest absolute Gasteiger partial charge is 0.264 e. The standard InChI is InChI=1S/C24H24ClFN2O3S/c1-18-4-12-22(13-5-18)28(32(30,31)23-14-8-20(25)9-15-23)17-24(29)27-16-2-3-19-6-10-21(26)11-7-19/h4-15H,2-3,16-17H2,1H3,(H,27,29). The molecule has 0 aliphatic carbocycles. The molecule has 0 atom stereocenters. The van der Waals surface area contributed by atoms with Gasteiger partial charge in [-0.25, -0.2) is 12.8 Å². The van der Waals surface area contributed by atoms with Crippen LogP contribution < -0.4 is 9.62 Å². The van der Waals surface area contributed by atoms with Gasteiger partial charge in [-0.15, -0.1) is 0 Å². The average Bonchev–Trinajstić information content (AvgIpc) is 2.77. The highest BCUT2D eigenvalue weighted by molar-refractivity contribution is 7.92. The van der Waals surface area contributed by atoms with Crippen molar-refractivity contribution in [2.75, 3.05) is 17.4 Å². The lowest BCUT2D eigenvalue weighted by atomic mass is 10.1. The Morgan fingerprint density at radius 3 is 2.22 bits per heavy atom. The zero-order chi connectivity index (χ0) is 23.1. The fraction of sp³-hybridized carbons (Fsp3) is 0.208. The second-order valence-corrected chi connectivity index (χ2v) is 9.68. The Morgan fingerprint density at radius 1 is 0.969 bits per heavy atom. The number of halogens is 2. The molecular formula is C24H24ClFN2O3S. The van der Waals surface area contributed by atoms with E-state index in [1.165, 1.54) is 36.4 Å². The SMILES string of the molecule is Cc1ccc(N(CC(=O)NCCCc2ccc(F)cc2)S(=O)(=O)c2ccc(Cl)cc2)cc1. The number of amides is 1. The molecule has 3 aromatic rings. The molecule has 0 unspecified atom stereocenters. The number of nitrogens with one attached hydrogen (secondary N) is 1. The molecule has 0 heterocycles. The Hall–Kier alpha value is -2.90. The minimum absolute atomic E-state index is 0.0478. The van der Waals surface area contributed by atoms with E-state index in [1.54, 1.807) is 36.4 Å². The van der Waals surface area contributed by atoms with Crippen molar-refractivity contribution >= 4 is 33.2 Å². The summed E-state index contributed by atoms with van der Waals surface area (Å²) in [6.45, 7) is 1.92. The number of nitrogens with zero attached hydrogens (tertiary/aromatic N) is 1. The van der Waals surface area contributed by atoms with Crippen molar-refractivity contribution in [1.82, 2.24) is 5.32 Å². The summed E-state index contributed by atoms with van der Waals surface area (Å²) < 4.78 is 40.6. The molecule has 0 aromatic heterocycles. The topological polar surface area (TPSA) is 66.5 Å². The summed E-state index contributed by atoms with van der Waals surface area (Å²) in [7, 11) is -3.98. The second-order valence-electron chi connectivity index (χ2n) is 7.38. The molecule has 0 fully saturated rings. The van der Waals surface area contributed by atoms with Crippen molar-refractivity contribution in [3.63, 3.8) is 0 Å². The van der Waals surface area contributed by atoms with E-state index in [4.69, 9.17) is 11.6 Å². The maximum Gasteiger partial charge on any atom is 0.264 e. The predicted octanol–water partition coefficient (Wildman–Crippen LogP) is 4.73. The van der Waals surface area contributed by atoms with Crippen molar-refractivity contribution in [3.8, 4) is 0 Å². The highest BCUT2D eigenvalue weighted by Crippen LogP contribution is 2.25. The first-order chi connectivity index (χ1) is 15.3. The van der Waals surface area contributed by atoms with Gasteiger partial charge in [-0.3, -0.25) is 9.10 Å². The minimum Gasteiger partial charge on any atom is -0.355 e. The number of anilines is 1. The third kappa shape index (κ3) is 6.31. The summed E-state index contributed by atoms with van der Waals surface area (Å²) >= 11 is 5.89. The lowest BCUT2D eigenvalue weighted by Gasteiger charge is -2.24. The number of sulfonamides is 1. The second kappa shape index (κ2) is 10.6. The van der Waals surface area contributed by atoms with E-state index >= 15 is 0 Å². The number of carbonyl (C=O) groups excluding carboxylic acids is 1. The van der Waals surface area contributed by atoms with Crippen LogP contribution in [-0.2, 0) is 21.2 Å². The van der Waals surface area contributed by atoms with E-state index in [2.05, 4.69) is 5.32 Å². The monoisotopic (exact) mass is 474 g/mol. The van der Waals surface area contributed by atoms with E-state index in [9.17, 15) is 17.6 Å². The lowest BCUT2D eigenvalue weighted by Crippen LogP contribution is -2.41. The van der Waals surface area contributed by atoms with Gasteiger partial charge < -0.3 is 5.32 Å². The normalized spacial score (nSPS) is 11.2. The lowest BCUT2D eigenvalue weighted by molar-refractivity contribution is -0.119. The Morgan fingerprint density at radius 2 is 1.59 bits per heavy atom. The molecule has 3 rings (SSSR count). The molecule has 3 aromatic carbocycles. The van der Waals surface area contributed by atoms with Gasteiger partial charge >= 0.3 is 0 Å². The van der Waals surface area contributed by atoms with Crippen LogP contribution in [0.1, 0.15) is 17.5 Å². The van der Waals surface area contributed by atoms with Crippen molar-refractivity contribution in [2.45, 2.75) is 24.7 Å². The van der Waals surface area contributed by atoms with Gasteiger partial charge in [0.1, 0.15) is 12.4 Å². The number of carbonyl (C=O) groups is 1. The van der Waals surface area contributed by atoms with Crippen LogP contribution in [0.2, 0.25) is 5.02 Å². The van der Waals surface area contributed by atoms with E-state index in [-0.39, 0.29) is 17.3 Å². The highest BCUT2D eigenvalue weighted by Gasteiger charge is 2.27. The zero-order valence-electron chi connectivity index (χ0n) is 17.6. The largest absolute Gasteiger partial charge is 0.355 e. The predicted molar refractivity (Wildman–Crippen MR) is 125 cm³/mol. The van der Waals surface area contributed by atoms with E-state index < -0.39 is 15.9 Å². The molecule has 0 bridgehead atoms. The first-order valence-electron chi connectivity index (χ1n) is 10.1. The van der Waals surface area contributed by atoms with Crippen LogP contribution in [-0.4, -0.2) is 27.4 Å². The van der Waals surface area contributed by atoms with Crippen molar-refractivity contribution < 1.29 is 17.6 Å². The molecule has 32 heavy (non-hydrogen) atoms. The van der Waals surface area contributed by atoms with Crippen molar-refractivity contribution in [3.05, 3.63) is 94.8 Å². The first kappa shape index (κ1) is 23.8. The molecule has 0 aliphatic heterocycles. The Kier molecular flexibility index (Phi) is 7.88. The van der Waals surface area contributed by atoms with Crippen molar-refractivity contribution in [1.29, 1.82) is 0 Å². The van der Waals surface area contributed by atoms with Gasteiger partial charge in [-0.2, -0.15) is 0 Å². The van der Waals surface area contributed by atoms with Crippen LogP contribution in [0, 0.1) is 12.7 Å². The Labute approximate surface area is 192 Å². The van der Waals surface area contributed by atoms with Crippen molar-refractivity contribution in [2.24, 2.45) is 0 Å². The van der Waals surface area contributed by atoms with Crippen LogP contribution in [0.15, 0.2) is 77.7 Å². The molecule has 0 aliphatic rings. The summed E-state index contributed by atoms with van der Waals surface area (Å²) in [6, 6.07) is 19.0. The zero-order valence-corrected chi connectivity index (χ0v) is 19.2. The van der Waals surface area contributed by atoms with E-state index in [0.29, 0.717) is 30.1 Å². The van der Waals surface area contributed by atoms with Crippen LogP contribution in [0.4, 0.5) is 10.1 Å². The van der Waals surface area contributed by atoms with Gasteiger partial charge in [0.15, 0.2) is 0 Å². The van der Waals surface area contributed by atoms with E-state index in [1.807, 2.05) is 6.92 Å². The van der Waals surface area contributed by atoms with E-state index in [0.717, 1.165) is 15.4 Å². The third-order valence-electron chi connectivity index (χ3n) is 4.89. The van der Waals surface area contributed by atoms with Crippen LogP contribution >= 0.6 is 11.6 Å². The quantitative estimate of drug-likeness (QED) is 0.456. The molecule has 168 valence electrons. The third-order valence-corrected chi connectivity index (χ3v) is 6.93. The summed E-state index contributed by atoms with van der Waals surface area (Å²) in [6.07, 6.45) is 1.32. The number of benzene rings is 3. The Bertz CT molecular complexity index is 1150. The van der Waals surface area contributed by atoms with Gasteiger partial charge in [0, 0.05) is 11.6 Å². The molecule has 0 radical (unpaired) electrons. The molecule has 1 amide bonds. The van der Waals surface area contributed by atoms with Gasteiger partial charge in [0.05, 0.1) is 10.6 Å². The highest BCUT2D eigenvalue weighted by atomic mass is 35.5. The molecule has 0 saturated heterocycles. The average molecular weight is 475 g/mol. The molecule has 0 saturated carbocycles. The fourth-order valence-corrected chi connectivity index (χ4v) is 4.66. The fourth-order valence-electron chi connectivity index (χ4n) is 3.12. The van der Waals surface area contributed by atoms with Gasteiger partial charge in [-0.1, -0.05) is 41.4 Å². The summed E-state index contributed by atoms with van der Waals surface area (Å²) in [5.74, 6) is -0.706. The van der Waals surface area contributed by atoms with Crippen LogP contribution in [0.5, 0.6) is 0 Å². The maximum absolute atomic E-state index is 13.3. The number of rotatable bonds is 9. The molecule has 5 nitrogen and oxygen atoms in total. The molecule has 0 spiro atoms.